The summed E-state index contributed by atoms with van der Waals surface area (Å²) in [7, 11) is 0. The predicted octanol–water partition coefficient (Wildman–Crippen LogP) is 1.42. The van der Waals surface area contributed by atoms with Crippen LogP contribution in [0.2, 0.25) is 0 Å². The number of halogens is 2. The molecule has 0 aromatic carbocycles. The van der Waals surface area contributed by atoms with E-state index in [2.05, 4.69) is 14.1 Å². The molecule has 14 heavy (non-hydrogen) atoms. The third kappa shape index (κ3) is 2.51. The van der Waals surface area contributed by atoms with E-state index in [1.807, 2.05) is 0 Å². The highest BCUT2D eigenvalue weighted by Crippen LogP contribution is 2.21. The zero-order chi connectivity index (χ0) is 10.6. The largest absolute Gasteiger partial charge is 0.462 e. The number of carbonyl (C=O) groups excluding carboxylic acids is 1. The van der Waals surface area contributed by atoms with Gasteiger partial charge in [0.2, 0.25) is 0 Å². The van der Waals surface area contributed by atoms with Crippen LogP contribution in [0.1, 0.15) is 12.7 Å². The van der Waals surface area contributed by atoms with Gasteiger partial charge in [0.15, 0.2) is 6.39 Å². The lowest BCUT2D eigenvalue weighted by molar-refractivity contribution is -0.171. The zero-order valence-electron chi connectivity index (χ0n) is 7.50. The van der Waals surface area contributed by atoms with Gasteiger partial charge in [-0.15, -0.1) is 0 Å². The van der Waals surface area contributed by atoms with Crippen LogP contribution in [-0.4, -0.2) is 23.5 Å². The van der Waals surface area contributed by atoms with E-state index in [-0.39, 0.29) is 12.4 Å². The van der Waals surface area contributed by atoms with Gasteiger partial charge in [-0.05, 0) is 6.92 Å². The third-order valence-corrected chi connectivity index (χ3v) is 1.45. The number of rotatable bonds is 4. The molecule has 1 aromatic rings. The Morgan fingerprint density at radius 3 is 2.93 bits per heavy atom. The summed E-state index contributed by atoms with van der Waals surface area (Å²) >= 11 is 0. The number of esters is 1. The van der Waals surface area contributed by atoms with Gasteiger partial charge in [-0.1, -0.05) is 0 Å². The Kier molecular flexibility index (Phi) is 3.16. The van der Waals surface area contributed by atoms with Crippen molar-refractivity contribution in [3.05, 3.63) is 18.4 Å². The third-order valence-electron chi connectivity index (χ3n) is 1.45. The lowest BCUT2D eigenvalue weighted by Gasteiger charge is -2.12. The standard InChI is InChI=1S/C8H9F2NO3/c1-2-13-7(12)8(9,10)3-6-4-11-5-14-6/h4-5H,2-3H2,1H3. The van der Waals surface area contributed by atoms with Gasteiger partial charge in [-0.25, -0.2) is 9.78 Å². The maximum atomic E-state index is 13.0. The molecule has 6 heteroatoms. The van der Waals surface area contributed by atoms with Crippen molar-refractivity contribution in [1.82, 2.24) is 4.98 Å². The average molecular weight is 205 g/mol. The van der Waals surface area contributed by atoms with Crippen molar-refractivity contribution in [2.24, 2.45) is 0 Å². The topological polar surface area (TPSA) is 52.3 Å². The Hall–Kier alpha value is -1.46. The van der Waals surface area contributed by atoms with Crippen LogP contribution in [-0.2, 0) is 16.0 Å². The molecule has 1 heterocycles. The Morgan fingerprint density at radius 1 is 1.71 bits per heavy atom. The molecule has 1 rings (SSSR count). The fourth-order valence-electron chi connectivity index (χ4n) is 0.857. The first kappa shape index (κ1) is 10.6. The Balaban J connectivity index is 2.61. The first-order valence-electron chi connectivity index (χ1n) is 3.98. The molecule has 0 saturated heterocycles. The molecule has 0 amide bonds. The predicted molar refractivity (Wildman–Crippen MR) is 41.8 cm³/mol. The normalized spacial score (nSPS) is 11.4. The highest BCUT2D eigenvalue weighted by atomic mass is 19.3. The molecule has 0 atom stereocenters. The summed E-state index contributed by atoms with van der Waals surface area (Å²) in [5.41, 5.74) is 0. The van der Waals surface area contributed by atoms with Gasteiger partial charge in [0, 0.05) is 0 Å². The molecule has 0 fully saturated rings. The molecule has 0 unspecified atom stereocenters. The summed E-state index contributed by atoms with van der Waals surface area (Å²) in [4.78, 5) is 14.2. The van der Waals surface area contributed by atoms with Gasteiger partial charge in [-0.2, -0.15) is 8.78 Å². The van der Waals surface area contributed by atoms with Crippen molar-refractivity contribution >= 4 is 5.97 Å². The quantitative estimate of drug-likeness (QED) is 0.697. The molecule has 0 saturated carbocycles. The Morgan fingerprint density at radius 2 is 2.43 bits per heavy atom. The maximum Gasteiger partial charge on any atom is 0.377 e. The van der Waals surface area contributed by atoms with Gasteiger partial charge in [0.25, 0.3) is 0 Å². The average Bonchev–Trinajstić information content (AvgIpc) is 2.56. The lowest BCUT2D eigenvalue weighted by Crippen LogP contribution is -2.33. The number of alkyl halides is 2. The second-order valence-electron chi connectivity index (χ2n) is 2.57. The van der Waals surface area contributed by atoms with Crippen molar-refractivity contribution in [3.63, 3.8) is 0 Å². The van der Waals surface area contributed by atoms with E-state index in [1.54, 1.807) is 0 Å². The number of hydrogen-bond donors (Lipinski definition) is 0. The summed E-state index contributed by atoms with van der Waals surface area (Å²) in [6.45, 7) is 1.38. The van der Waals surface area contributed by atoms with Crippen molar-refractivity contribution < 1.29 is 22.7 Å². The van der Waals surface area contributed by atoms with Crippen LogP contribution in [0.5, 0.6) is 0 Å². The van der Waals surface area contributed by atoms with Crippen LogP contribution in [0.15, 0.2) is 17.0 Å². The number of oxazole rings is 1. The van der Waals surface area contributed by atoms with Crippen LogP contribution >= 0.6 is 0 Å². The lowest BCUT2D eigenvalue weighted by atomic mass is 10.2. The zero-order valence-corrected chi connectivity index (χ0v) is 7.50. The minimum absolute atomic E-state index is 0.0527. The van der Waals surface area contributed by atoms with Gasteiger partial charge in [-0.3, -0.25) is 0 Å². The molecule has 4 nitrogen and oxygen atoms in total. The van der Waals surface area contributed by atoms with E-state index < -0.39 is 18.3 Å². The first-order chi connectivity index (χ1) is 6.56. The first-order valence-corrected chi connectivity index (χ1v) is 3.98. The number of aromatic nitrogens is 1. The molecule has 78 valence electrons. The Bertz CT molecular complexity index is 298. The number of carbonyl (C=O) groups is 1. The van der Waals surface area contributed by atoms with Crippen molar-refractivity contribution in [2.45, 2.75) is 19.3 Å². The summed E-state index contributed by atoms with van der Waals surface area (Å²) in [6, 6.07) is 0. The van der Waals surface area contributed by atoms with Crippen LogP contribution < -0.4 is 0 Å². The highest BCUT2D eigenvalue weighted by molar-refractivity contribution is 5.77. The minimum Gasteiger partial charge on any atom is -0.462 e. The highest BCUT2D eigenvalue weighted by Gasteiger charge is 2.41. The van der Waals surface area contributed by atoms with Gasteiger partial charge in [0.05, 0.1) is 19.2 Å². The van der Waals surface area contributed by atoms with E-state index in [1.165, 1.54) is 6.92 Å². The molecule has 0 radical (unpaired) electrons. The number of nitrogens with zero attached hydrogens (tertiary/aromatic N) is 1. The van der Waals surface area contributed by atoms with Crippen LogP contribution in [0, 0.1) is 0 Å². The second kappa shape index (κ2) is 4.17. The summed E-state index contributed by atoms with van der Waals surface area (Å²) in [5.74, 6) is -5.16. The fourth-order valence-corrected chi connectivity index (χ4v) is 0.857. The maximum absolute atomic E-state index is 13.0. The molecular formula is C8H9F2NO3. The molecule has 0 aliphatic carbocycles. The summed E-state index contributed by atoms with van der Waals surface area (Å²) < 4.78 is 34.8. The SMILES string of the molecule is CCOC(=O)C(F)(F)Cc1cnco1. The molecule has 0 bridgehead atoms. The van der Waals surface area contributed by atoms with E-state index >= 15 is 0 Å². The number of ether oxygens (including phenoxy) is 1. The van der Waals surface area contributed by atoms with E-state index in [9.17, 15) is 13.6 Å². The van der Waals surface area contributed by atoms with Crippen molar-refractivity contribution in [1.29, 1.82) is 0 Å². The molecule has 0 aliphatic rings. The molecule has 0 N–H and O–H groups in total. The van der Waals surface area contributed by atoms with E-state index in [0.29, 0.717) is 0 Å². The van der Waals surface area contributed by atoms with Crippen molar-refractivity contribution in [2.75, 3.05) is 6.61 Å². The summed E-state index contributed by atoms with van der Waals surface area (Å²) in [5, 5.41) is 0. The molecular weight excluding hydrogens is 196 g/mol. The summed E-state index contributed by atoms with van der Waals surface area (Å²) in [6.07, 6.45) is 1.33. The van der Waals surface area contributed by atoms with E-state index in [4.69, 9.17) is 0 Å². The van der Waals surface area contributed by atoms with Crippen molar-refractivity contribution in [3.8, 4) is 0 Å². The smallest absolute Gasteiger partial charge is 0.377 e. The molecule has 1 aromatic heterocycles. The van der Waals surface area contributed by atoms with Gasteiger partial charge < -0.3 is 9.15 Å². The van der Waals surface area contributed by atoms with Crippen LogP contribution in [0.25, 0.3) is 0 Å². The monoisotopic (exact) mass is 205 g/mol. The Labute approximate surface area is 78.9 Å². The van der Waals surface area contributed by atoms with Crippen LogP contribution in [0.3, 0.4) is 0 Å². The second-order valence-corrected chi connectivity index (χ2v) is 2.57. The minimum atomic E-state index is -3.56. The molecule has 0 aliphatic heterocycles. The van der Waals surface area contributed by atoms with E-state index in [0.717, 1.165) is 12.6 Å². The number of hydrogen-bond acceptors (Lipinski definition) is 4. The van der Waals surface area contributed by atoms with Crippen LogP contribution in [0.4, 0.5) is 8.78 Å². The molecule has 0 spiro atoms. The van der Waals surface area contributed by atoms with Gasteiger partial charge >= 0.3 is 11.9 Å². The van der Waals surface area contributed by atoms with Gasteiger partial charge in [0.1, 0.15) is 5.76 Å². The fraction of sp³-hybridized carbons (Fsp3) is 0.500.